The number of rotatable bonds is 4. The van der Waals surface area contributed by atoms with Crippen molar-refractivity contribution in [1.82, 2.24) is 0 Å². The van der Waals surface area contributed by atoms with Gasteiger partial charge in [-0.2, -0.15) is 0 Å². The van der Waals surface area contributed by atoms with E-state index in [1.807, 2.05) is 41.5 Å². The molecule has 0 aromatic rings. The van der Waals surface area contributed by atoms with E-state index in [1.165, 1.54) is 0 Å². The van der Waals surface area contributed by atoms with Gasteiger partial charge in [0.2, 0.25) is 0 Å². The maximum absolute atomic E-state index is 4.92. The Balaban J connectivity index is -0.000000218. The van der Waals surface area contributed by atoms with Gasteiger partial charge in [-0.15, -0.1) is 0 Å². The van der Waals surface area contributed by atoms with Crippen molar-refractivity contribution >= 4 is 5.71 Å². The number of hydrogen-bond acceptors (Lipinski definition) is 2. The van der Waals surface area contributed by atoms with Crippen LogP contribution in [0.3, 0.4) is 0 Å². The van der Waals surface area contributed by atoms with Gasteiger partial charge in [0.05, 0.1) is 5.71 Å². The smallest absolute Gasteiger partial charge is 0.117 e. The van der Waals surface area contributed by atoms with Crippen LogP contribution in [-0.2, 0) is 4.84 Å². The van der Waals surface area contributed by atoms with Gasteiger partial charge >= 0.3 is 0 Å². The van der Waals surface area contributed by atoms with Gasteiger partial charge in [0.1, 0.15) is 6.61 Å². The molecule has 0 saturated heterocycles. The Morgan fingerprint density at radius 3 is 1.85 bits per heavy atom. The van der Waals surface area contributed by atoms with Crippen molar-refractivity contribution in [2.75, 3.05) is 6.61 Å². The molecule has 0 atom stereocenters. The van der Waals surface area contributed by atoms with Crippen molar-refractivity contribution in [3.05, 3.63) is 0 Å². The molecule has 0 bridgehead atoms. The Bertz CT molecular complexity index is 86.1. The van der Waals surface area contributed by atoms with Gasteiger partial charge in [0.25, 0.3) is 0 Å². The highest BCUT2D eigenvalue weighted by molar-refractivity contribution is 5.78. The molecule has 0 fully saturated rings. The van der Waals surface area contributed by atoms with Crippen LogP contribution in [0.2, 0.25) is 0 Å². The van der Waals surface area contributed by atoms with Crippen LogP contribution >= 0.6 is 0 Å². The molecule has 0 aliphatic carbocycles. The van der Waals surface area contributed by atoms with Crippen LogP contribution in [0.5, 0.6) is 0 Å². The Morgan fingerprint density at radius 2 is 1.54 bits per heavy atom. The van der Waals surface area contributed by atoms with Crippen LogP contribution < -0.4 is 0 Å². The van der Waals surface area contributed by atoms with E-state index in [0.29, 0.717) is 0 Å². The highest BCUT2D eigenvalue weighted by Crippen LogP contribution is 1.88. The van der Waals surface area contributed by atoms with E-state index in [0.717, 1.165) is 25.2 Å². The summed E-state index contributed by atoms with van der Waals surface area (Å²) in [7, 11) is 0. The Hall–Kier alpha value is -0.530. The van der Waals surface area contributed by atoms with Gasteiger partial charge in [0, 0.05) is 0 Å². The van der Waals surface area contributed by atoms with E-state index in [9.17, 15) is 0 Å². The molecule has 0 rings (SSSR count). The summed E-state index contributed by atoms with van der Waals surface area (Å²) in [6.07, 6.45) is 2.26. The number of hydrogen-bond donors (Lipinski definition) is 0. The average molecular weight is 189 g/mol. The summed E-state index contributed by atoms with van der Waals surface area (Å²) >= 11 is 0. The van der Waals surface area contributed by atoms with Crippen molar-refractivity contribution in [3.8, 4) is 0 Å². The van der Waals surface area contributed by atoms with E-state index in [4.69, 9.17) is 4.84 Å². The third-order valence-electron chi connectivity index (χ3n) is 0.836. The summed E-state index contributed by atoms with van der Waals surface area (Å²) in [6.45, 7) is 14.7. The Labute approximate surface area is 84.4 Å². The first-order valence-electron chi connectivity index (χ1n) is 5.40. The molecule has 0 heterocycles. The standard InChI is InChI=1S/C7H15NO.2C2H6/c1-4-5-6-9-8-7(2)3;2*1-2/h4-6H2,1-3H3;2*1-2H3. The molecule has 0 radical (unpaired) electrons. The van der Waals surface area contributed by atoms with Gasteiger partial charge in [0.15, 0.2) is 0 Å². The van der Waals surface area contributed by atoms with Crippen molar-refractivity contribution < 1.29 is 4.84 Å². The second-order valence-electron chi connectivity index (χ2n) is 2.23. The normalized spacial score (nSPS) is 7.00. The molecule has 0 aliphatic heterocycles. The number of oxime groups is 1. The lowest BCUT2D eigenvalue weighted by Crippen LogP contribution is -1.89. The fourth-order valence-electron chi connectivity index (χ4n) is 0.384. The van der Waals surface area contributed by atoms with Gasteiger partial charge in [-0.05, 0) is 20.3 Å². The molecule has 0 saturated carbocycles. The van der Waals surface area contributed by atoms with Gasteiger partial charge in [-0.25, -0.2) is 0 Å². The second kappa shape index (κ2) is 22.5. The minimum atomic E-state index is 0.752. The number of nitrogens with zero attached hydrogens (tertiary/aromatic N) is 1. The van der Waals surface area contributed by atoms with E-state index in [1.54, 1.807) is 0 Å². The monoisotopic (exact) mass is 189 g/mol. The predicted molar refractivity (Wildman–Crippen MR) is 62.3 cm³/mol. The summed E-state index contributed by atoms with van der Waals surface area (Å²) in [6, 6.07) is 0. The van der Waals surface area contributed by atoms with E-state index >= 15 is 0 Å². The van der Waals surface area contributed by atoms with Crippen LogP contribution in [0.1, 0.15) is 61.3 Å². The first-order valence-corrected chi connectivity index (χ1v) is 5.40. The average Bonchev–Trinajstić information content (AvgIpc) is 2.19. The molecule has 0 N–H and O–H groups in total. The third kappa shape index (κ3) is 34.4. The highest BCUT2D eigenvalue weighted by Gasteiger charge is 1.81. The molecule has 0 aromatic carbocycles. The summed E-state index contributed by atoms with van der Waals surface area (Å²) < 4.78 is 0. The van der Waals surface area contributed by atoms with Crippen molar-refractivity contribution in [2.24, 2.45) is 5.16 Å². The van der Waals surface area contributed by atoms with Crippen LogP contribution in [0, 0.1) is 0 Å². The van der Waals surface area contributed by atoms with Gasteiger partial charge in [-0.3, -0.25) is 0 Å². The SMILES string of the molecule is CC.CC.CCCCON=C(C)C. The molecule has 82 valence electrons. The lowest BCUT2D eigenvalue weighted by Gasteiger charge is -1.95. The zero-order valence-corrected chi connectivity index (χ0v) is 10.5. The van der Waals surface area contributed by atoms with Crippen LogP contribution in [0.25, 0.3) is 0 Å². The van der Waals surface area contributed by atoms with E-state index in [2.05, 4.69) is 12.1 Å². The highest BCUT2D eigenvalue weighted by atomic mass is 16.6. The molecule has 0 aromatic heterocycles. The maximum atomic E-state index is 4.92. The lowest BCUT2D eigenvalue weighted by molar-refractivity contribution is 0.141. The summed E-state index contributed by atoms with van der Waals surface area (Å²) in [5, 5.41) is 3.78. The fourth-order valence-corrected chi connectivity index (χ4v) is 0.384. The topological polar surface area (TPSA) is 21.6 Å². The van der Waals surface area contributed by atoms with Crippen molar-refractivity contribution in [3.63, 3.8) is 0 Å². The van der Waals surface area contributed by atoms with Crippen molar-refractivity contribution in [2.45, 2.75) is 61.3 Å². The van der Waals surface area contributed by atoms with E-state index in [-0.39, 0.29) is 0 Å². The third-order valence-corrected chi connectivity index (χ3v) is 0.836. The Kier molecular flexibility index (Phi) is 31.7. The lowest BCUT2D eigenvalue weighted by atomic mass is 10.4. The quantitative estimate of drug-likeness (QED) is 0.368. The minimum absolute atomic E-state index is 0.752. The van der Waals surface area contributed by atoms with Crippen LogP contribution in [0.4, 0.5) is 0 Å². The van der Waals surface area contributed by atoms with Crippen LogP contribution in [-0.4, -0.2) is 12.3 Å². The maximum Gasteiger partial charge on any atom is 0.117 e. The largest absolute Gasteiger partial charge is 0.396 e. The van der Waals surface area contributed by atoms with Crippen molar-refractivity contribution in [1.29, 1.82) is 0 Å². The summed E-state index contributed by atoms with van der Waals surface area (Å²) in [4.78, 5) is 4.92. The van der Waals surface area contributed by atoms with Gasteiger partial charge < -0.3 is 4.84 Å². The molecule has 13 heavy (non-hydrogen) atoms. The molecular formula is C11H27NO. The first-order chi connectivity index (χ1) is 6.27. The molecule has 0 aliphatic rings. The van der Waals surface area contributed by atoms with Crippen LogP contribution in [0.15, 0.2) is 5.16 Å². The zero-order chi connectivity index (χ0) is 11.1. The molecule has 2 nitrogen and oxygen atoms in total. The molecule has 0 spiro atoms. The second-order valence-corrected chi connectivity index (χ2v) is 2.23. The van der Waals surface area contributed by atoms with Gasteiger partial charge in [-0.1, -0.05) is 46.2 Å². The molecular weight excluding hydrogens is 162 g/mol. The number of unbranched alkanes of at least 4 members (excludes halogenated alkanes) is 1. The molecule has 0 unspecified atom stereocenters. The molecule has 0 amide bonds. The zero-order valence-electron chi connectivity index (χ0n) is 10.5. The summed E-state index contributed by atoms with van der Waals surface area (Å²) in [5.74, 6) is 0. The summed E-state index contributed by atoms with van der Waals surface area (Å²) in [5.41, 5.74) is 0.978. The van der Waals surface area contributed by atoms with E-state index < -0.39 is 0 Å². The predicted octanol–water partition coefficient (Wildman–Crippen LogP) is 4.25. The molecule has 2 heteroatoms. The fraction of sp³-hybridized carbons (Fsp3) is 0.909. The minimum Gasteiger partial charge on any atom is -0.396 e. The first kappa shape index (κ1) is 18.3. The Morgan fingerprint density at radius 1 is 1.08 bits per heavy atom.